The molecule has 322 valence electrons. The topological polar surface area (TPSA) is 71.4 Å². The highest BCUT2D eigenvalue weighted by molar-refractivity contribution is 7.25. The zero-order valence-corrected chi connectivity index (χ0v) is 37.5. The molecule has 15 rings (SSSR count). The summed E-state index contributed by atoms with van der Waals surface area (Å²) in [5.41, 5.74) is 8.92. The third kappa shape index (κ3) is 6.09. The molecule has 0 aliphatic rings. The van der Waals surface area contributed by atoms with E-state index in [0.29, 0.717) is 5.95 Å². The minimum absolute atomic E-state index is 0.467. The highest BCUT2D eigenvalue weighted by atomic mass is 32.1. The van der Waals surface area contributed by atoms with Crippen molar-refractivity contribution in [1.29, 1.82) is 0 Å². The van der Waals surface area contributed by atoms with E-state index in [1.54, 1.807) is 11.3 Å². The molecule has 11 aromatic carbocycles. The molecule has 0 bridgehead atoms. The summed E-state index contributed by atoms with van der Waals surface area (Å²) < 4.78 is 13.9. The second kappa shape index (κ2) is 14.7. The Hall–Kier alpha value is -9.11. The maximum Gasteiger partial charge on any atom is 0.255 e. The minimum atomic E-state index is 0.467. The zero-order valence-electron chi connectivity index (χ0n) is 36.7. The van der Waals surface area contributed by atoms with Gasteiger partial charge in [-0.3, -0.25) is 4.90 Å². The smallest absolute Gasteiger partial charge is 0.255 e. The summed E-state index contributed by atoms with van der Waals surface area (Å²) in [6.07, 6.45) is 0. The Morgan fingerprint density at radius 2 is 0.739 bits per heavy atom. The average Bonchev–Trinajstić information content (AvgIpc) is 4.08. The van der Waals surface area contributed by atoms with Crippen LogP contribution in [0.3, 0.4) is 0 Å². The molecule has 0 aliphatic heterocycles. The van der Waals surface area contributed by atoms with Crippen LogP contribution < -0.4 is 9.80 Å². The lowest BCUT2D eigenvalue weighted by atomic mass is 10.0. The fraction of sp³-hybridized carbons (Fsp3) is 0. The maximum absolute atomic E-state index is 6.45. The van der Waals surface area contributed by atoms with E-state index >= 15 is 0 Å². The third-order valence-electron chi connectivity index (χ3n) is 13.7. The van der Waals surface area contributed by atoms with Gasteiger partial charge in [-0.15, -0.1) is 21.5 Å². The molecular weight excluding hydrogens is 867 g/mol. The first-order valence-corrected chi connectivity index (χ1v) is 23.8. The van der Waals surface area contributed by atoms with Gasteiger partial charge in [-0.2, -0.15) is 4.98 Å². The van der Waals surface area contributed by atoms with Crippen LogP contribution in [0.1, 0.15) is 0 Å². The van der Waals surface area contributed by atoms with Crippen molar-refractivity contribution in [2.24, 2.45) is 0 Å². The fourth-order valence-electron chi connectivity index (χ4n) is 10.3. The Morgan fingerprint density at radius 3 is 1.32 bits per heavy atom. The summed E-state index contributed by atoms with van der Waals surface area (Å²) in [6, 6.07) is 75.1. The van der Waals surface area contributed by atoms with Crippen molar-refractivity contribution in [1.82, 2.24) is 15.2 Å². The number of thiophene rings is 1. The highest BCUT2D eigenvalue weighted by Crippen LogP contribution is 2.44. The van der Waals surface area contributed by atoms with Crippen molar-refractivity contribution in [3.63, 3.8) is 0 Å². The van der Waals surface area contributed by atoms with Gasteiger partial charge in [0.25, 0.3) is 5.95 Å². The van der Waals surface area contributed by atoms with E-state index in [-0.39, 0.29) is 0 Å². The average molecular weight is 902 g/mol. The van der Waals surface area contributed by atoms with E-state index in [4.69, 9.17) is 24.0 Å². The van der Waals surface area contributed by atoms with E-state index in [2.05, 4.69) is 192 Å². The number of benzene rings is 11. The summed E-state index contributed by atoms with van der Waals surface area (Å²) in [6.45, 7) is 0. The monoisotopic (exact) mass is 901 g/mol. The Balaban J connectivity index is 0.887. The highest BCUT2D eigenvalue weighted by Gasteiger charge is 2.23. The van der Waals surface area contributed by atoms with E-state index in [0.717, 1.165) is 104 Å². The second-order valence-corrected chi connectivity index (χ2v) is 18.8. The number of anilines is 6. The predicted octanol–water partition coefficient (Wildman–Crippen LogP) is 17.6. The van der Waals surface area contributed by atoms with E-state index in [9.17, 15) is 0 Å². The number of aromatic nitrogens is 3. The normalized spacial score (nSPS) is 12.1. The number of para-hydroxylation sites is 2. The molecule has 0 unspecified atom stereocenters. The van der Waals surface area contributed by atoms with Crippen LogP contribution in [0.5, 0.6) is 0 Å². The van der Waals surface area contributed by atoms with Crippen LogP contribution in [0.2, 0.25) is 0 Å². The molecule has 0 saturated heterocycles. The number of hydrogen-bond acceptors (Lipinski definition) is 8. The zero-order chi connectivity index (χ0) is 45.2. The summed E-state index contributed by atoms with van der Waals surface area (Å²) in [5, 5.41) is 24.6. The Kier molecular flexibility index (Phi) is 8.10. The van der Waals surface area contributed by atoms with Crippen LogP contribution >= 0.6 is 11.3 Å². The van der Waals surface area contributed by atoms with Gasteiger partial charge in [-0.05, 0) is 146 Å². The fourth-order valence-corrected chi connectivity index (χ4v) is 11.4. The molecule has 0 amide bonds. The molecule has 4 aromatic heterocycles. The van der Waals surface area contributed by atoms with Crippen LogP contribution in [-0.4, -0.2) is 15.2 Å². The van der Waals surface area contributed by atoms with Crippen molar-refractivity contribution in [2.45, 2.75) is 0 Å². The van der Waals surface area contributed by atoms with Gasteiger partial charge in [-0.25, -0.2) is 0 Å². The van der Waals surface area contributed by atoms with Crippen molar-refractivity contribution in [2.75, 3.05) is 9.80 Å². The van der Waals surface area contributed by atoms with Crippen LogP contribution in [0.4, 0.5) is 34.4 Å². The van der Waals surface area contributed by atoms with E-state index in [1.807, 2.05) is 30.3 Å². The van der Waals surface area contributed by atoms with Crippen LogP contribution in [0.15, 0.2) is 221 Å². The van der Waals surface area contributed by atoms with E-state index in [1.165, 1.54) is 32.3 Å². The molecule has 0 radical (unpaired) electrons. The predicted molar refractivity (Wildman–Crippen MR) is 287 cm³/mol. The maximum atomic E-state index is 6.45. The van der Waals surface area contributed by atoms with Crippen LogP contribution in [0.25, 0.3) is 107 Å². The molecule has 0 spiro atoms. The minimum Gasteiger partial charge on any atom is -0.456 e. The third-order valence-corrected chi connectivity index (χ3v) is 14.7. The summed E-state index contributed by atoms with van der Waals surface area (Å²) in [5.74, 6) is 0.467. The van der Waals surface area contributed by atoms with Crippen molar-refractivity contribution in [3.05, 3.63) is 212 Å². The summed E-state index contributed by atoms with van der Waals surface area (Å²) >= 11 is 1.62. The Morgan fingerprint density at radius 1 is 0.319 bits per heavy atom. The van der Waals surface area contributed by atoms with Gasteiger partial charge >= 0.3 is 0 Å². The number of nitrogens with zero attached hydrogens (tertiary/aromatic N) is 5. The van der Waals surface area contributed by atoms with Crippen LogP contribution in [0, 0.1) is 0 Å². The number of hydrogen-bond donors (Lipinski definition) is 0. The largest absolute Gasteiger partial charge is 0.456 e. The van der Waals surface area contributed by atoms with Gasteiger partial charge in [-0.1, -0.05) is 97.1 Å². The lowest BCUT2D eigenvalue weighted by Gasteiger charge is -2.26. The first-order chi connectivity index (χ1) is 34.1. The Labute approximate surface area is 397 Å². The molecule has 0 aliphatic carbocycles. The molecule has 0 saturated carbocycles. The quantitative estimate of drug-likeness (QED) is 0.154. The molecule has 4 heterocycles. The summed E-state index contributed by atoms with van der Waals surface area (Å²) in [4.78, 5) is 10.5. The first-order valence-electron chi connectivity index (χ1n) is 23.0. The molecule has 0 N–H and O–H groups in total. The molecule has 7 nitrogen and oxygen atoms in total. The Bertz CT molecular complexity index is 4320. The van der Waals surface area contributed by atoms with E-state index < -0.39 is 0 Å². The number of fused-ring (bicyclic) bond motifs is 13. The van der Waals surface area contributed by atoms with Gasteiger partial charge < -0.3 is 13.7 Å². The SMILES string of the molecule is c1ccc2cc3cc(N(c4ccc5c(c4)oc4ccccc45)c4ccc5c(c4)sc4nc(N(c6ccc7cc8ccccc8cc7c6)c6ccc7c(c6)oc6ccccc67)nnc45)ccc3cc2c1. The summed E-state index contributed by atoms with van der Waals surface area (Å²) in [7, 11) is 0. The molecule has 0 atom stereocenters. The standard InChI is InChI=1S/C61H35N5O2S/c1-3-11-38-29-42-31-44(19-17-40(42)27-36(38)9-1)65(46-21-24-51-49-13-5-7-15-54(49)67-56(51)33-46)48-23-26-53-58(35-48)69-60-59(53)63-64-61(62-60)66(47-22-25-52-50-14-6-8-16-55(50)68-57(52)34-47)45-20-18-41-28-37-10-2-4-12-39(37)30-43(41)32-45/h1-35H. The lowest BCUT2D eigenvalue weighted by Crippen LogP contribution is -2.14. The van der Waals surface area contributed by atoms with Crippen molar-refractivity contribution in [3.8, 4) is 0 Å². The van der Waals surface area contributed by atoms with Crippen molar-refractivity contribution >= 4 is 153 Å². The molecule has 15 aromatic rings. The van der Waals surface area contributed by atoms with Gasteiger partial charge in [0.15, 0.2) is 0 Å². The van der Waals surface area contributed by atoms with Gasteiger partial charge in [0.2, 0.25) is 0 Å². The first kappa shape index (κ1) is 38.0. The molecule has 69 heavy (non-hydrogen) atoms. The molecule has 8 heteroatoms. The van der Waals surface area contributed by atoms with Gasteiger partial charge in [0.1, 0.15) is 32.7 Å². The van der Waals surface area contributed by atoms with Crippen LogP contribution in [-0.2, 0) is 0 Å². The number of rotatable bonds is 6. The van der Waals surface area contributed by atoms with Crippen molar-refractivity contribution < 1.29 is 8.83 Å². The number of furan rings is 2. The molecule has 0 fully saturated rings. The molecular formula is C61H35N5O2S. The lowest BCUT2D eigenvalue weighted by molar-refractivity contribution is 0.668. The second-order valence-electron chi connectivity index (χ2n) is 17.7. The van der Waals surface area contributed by atoms with Gasteiger partial charge in [0, 0.05) is 66.5 Å². The van der Waals surface area contributed by atoms with Gasteiger partial charge in [0.05, 0.1) is 5.69 Å².